The lowest BCUT2D eigenvalue weighted by Crippen LogP contribution is -2.52. The van der Waals surface area contributed by atoms with E-state index in [0.717, 1.165) is 27.6 Å². The minimum Gasteiger partial charge on any atom is -0.292 e. The van der Waals surface area contributed by atoms with Gasteiger partial charge in [0.25, 0.3) is 17.7 Å². The predicted octanol–water partition coefficient (Wildman–Crippen LogP) is 4.62. The first kappa shape index (κ1) is 23.2. The summed E-state index contributed by atoms with van der Waals surface area (Å²) >= 11 is 6.25. The monoisotopic (exact) mass is 466 g/mol. The number of fused-ring (bicyclic) bond motifs is 1. The largest absolute Gasteiger partial charge is 0.292 e. The van der Waals surface area contributed by atoms with Crippen LogP contribution in [-0.4, -0.2) is 40.1 Å². The molecule has 0 bridgehead atoms. The lowest BCUT2D eigenvalue weighted by atomic mass is 9.76. The second kappa shape index (κ2) is 9.10. The summed E-state index contributed by atoms with van der Waals surface area (Å²) in [5.41, 5.74) is 2.54. The van der Waals surface area contributed by atoms with Gasteiger partial charge < -0.3 is 0 Å². The number of aryl methyl sites for hydroxylation is 2. The molecule has 2 aromatic carbocycles. The van der Waals surface area contributed by atoms with Crippen molar-refractivity contribution < 1.29 is 19.2 Å². The van der Waals surface area contributed by atoms with Gasteiger partial charge in [0, 0.05) is 5.56 Å². The van der Waals surface area contributed by atoms with Crippen LogP contribution in [0.3, 0.4) is 0 Å². The first-order valence-corrected chi connectivity index (χ1v) is 11.6. The summed E-state index contributed by atoms with van der Waals surface area (Å²) in [4.78, 5) is 53.4. The van der Waals surface area contributed by atoms with Crippen molar-refractivity contribution in [2.75, 3.05) is 6.54 Å². The Morgan fingerprint density at radius 1 is 1.00 bits per heavy atom. The summed E-state index contributed by atoms with van der Waals surface area (Å²) in [6.07, 6.45) is 2.06. The molecule has 0 spiro atoms. The number of imide groups is 1. The maximum absolute atomic E-state index is 13.5. The number of nitrogens with zero attached hydrogens (tertiary/aromatic N) is 2. The normalized spacial score (nSPS) is 22.3. The maximum Gasteiger partial charge on any atom is 0.274 e. The molecule has 3 atom stereocenters. The van der Waals surface area contributed by atoms with E-state index in [1.165, 1.54) is 6.07 Å². The Morgan fingerprint density at radius 2 is 1.70 bits per heavy atom. The number of rotatable bonds is 5. The van der Waals surface area contributed by atoms with Gasteiger partial charge in [0.2, 0.25) is 0 Å². The molecule has 33 heavy (non-hydrogen) atoms. The van der Waals surface area contributed by atoms with Crippen LogP contribution in [0.25, 0.3) is 0 Å². The number of amides is 3. The summed E-state index contributed by atoms with van der Waals surface area (Å²) in [6, 6.07) is 11.7. The molecule has 1 aliphatic carbocycles. The van der Waals surface area contributed by atoms with Gasteiger partial charge in [-0.15, -0.1) is 0 Å². The first-order valence-electron chi connectivity index (χ1n) is 11.2. The van der Waals surface area contributed by atoms with Crippen LogP contribution < -0.4 is 0 Å². The quantitative estimate of drug-likeness (QED) is 0.476. The second-order valence-corrected chi connectivity index (χ2v) is 9.59. The number of hydrogen-bond donors (Lipinski definition) is 0. The molecule has 2 aliphatic rings. The number of carbonyl (C=O) groups excluding carboxylic acids is 4. The zero-order chi connectivity index (χ0) is 23.9. The Morgan fingerprint density at radius 3 is 2.39 bits per heavy atom. The smallest absolute Gasteiger partial charge is 0.274 e. The number of hydrogen-bond acceptors (Lipinski definition) is 4. The van der Waals surface area contributed by atoms with Gasteiger partial charge in [-0.25, -0.2) is 5.01 Å². The molecular formula is C26H27ClN2O4. The molecule has 3 amide bonds. The molecule has 1 aliphatic heterocycles. The van der Waals surface area contributed by atoms with Gasteiger partial charge in [-0.3, -0.25) is 19.2 Å². The minimum absolute atomic E-state index is 0.135. The number of halogens is 1. The molecular weight excluding hydrogens is 440 g/mol. The lowest BCUT2D eigenvalue weighted by Gasteiger charge is -2.30. The Kier molecular flexibility index (Phi) is 6.39. The molecule has 172 valence electrons. The predicted molar refractivity (Wildman–Crippen MR) is 125 cm³/mol. The highest BCUT2D eigenvalue weighted by Gasteiger charge is 2.52. The molecule has 0 aromatic heterocycles. The fraction of sp³-hybridized carbons (Fsp3) is 0.385. The maximum atomic E-state index is 13.5. The van der Waals surface area contributed by atoms with E-state index in [1.54, 1.807) is 30.3 Å². The molecule has 6 nitrogen and oxygen atoms in total. The second-order valence-electron chi connectivity index (χ2n) is 9.18. The van der Waals surface area contributed by atoms with E-state index in [9.17, 15) is 19.2 Å². The molecule has 0 unspecified atom stereocenters. The molecule has 4 rings (SSSR count). The third-order valence-corrected chi connectivity index (χ3v) is 7.20. The Hall–Kier alpha value is -2.99. The summed E-state index contributed by atoms with van der Waals surface area (Å²) in [6.45, 7) is 5.48. The summed E-state index contributed by atoms with van der Waals surface area (Å²) in [5, 5.41) is 2.10. The number of Topliss-reactive ketones (excluding diaryl/α,β-unsaturated/α-hetero) is 1. The van der Waals surface area contributed by atoms with E-state index >= 15 is 0 Å². The standard InChI is InChI=1S/C26H27ClN2O4/c1-15-8-11-19-21(12-15)26(33)29(25(19)32)28(24(31)20-6-4-5-7-22(20)27)14-23(30)18-10-9-16(2)17(3)13-18/h4-7,9-10,13,15,19,21H,8,11-12,14H2,1-3H3/t15-,19-,21+/m1/s1. The van der Waals surface area contributed by atoms with Crippen molar-refractivity contribution in [3.05, 3.63) is 69.7 Å². The van der Waals surface area contributed by atoms with E-state index in [2.05, 4.69) is 6.92 Å². The Balaban J connectivity index is 1.71. The van der Waals surface area contributed by atoms with Crippen LogP contribution in [0.1, 0.15) is 58.0 Å². The molecule has 1 saturated heterocycles. The Bertz CT molecular complexity index is 1140. The van der Waals surface area contributed by atoms with Crippen molar-refractivity contribution >= 4 is 35.1 Å². The van der Waals surface area contributed by atoms with Crippen LogP contribution in [0.2, 0.25) is 5.02 Å². The third-order valence-electron chi connectivity index (χ3n) is 6.87. The number of ketones is 1. The van der Waals surface area contributed by atoms with Gasteiger partial charge >= 0.3 is 0 Å². The van der Waals surface area contributed by atoms with Crippen molar-refractivity contribution in [2.24, 2.45) is 17.8 Å². The van der Waals surface area contributed by atoms with E-state index in [4.69, 9.17) is 11.6 Å². The molecule has 0 radical (unpaired) electrons. The number of hydrazine groups is 1. The molecule has 2 fully saturated rings. The van der Waals surface area contributed by atoms with Gasteiger partial charge in [0.05, 0.1) is 22.4 Å². The minimum atomic E-state index is -0.647. The van der Waals surface area contributed by atoms with Crippen LogP contribution in [-0.2, 0) is 9.59 Å². The fourth-order valence-electron chi connectivity index (χ4n) is 4.76. The van der Waals surface area contributed by atoms with E-state index in [1.807, 2.05) is 19.9 Å². The van der Waals surface area contributed by atoms with Crippen LogP contribution in [0.4, 0.5) is 0 Å². The fourth-order valence-corrected chi connectivity index (χ4v) is 4.98. The highest BCUT2D eigenvalue weighted by Crippen LogP contribution is 2.41. The van der Waals surface area contributed by atoms with Crippen molar-refractivity contribution in [3.63, 3.8) is 0 Å². The topological polar surface area (TPSA) is 74.8 Å². The summed E-state index contributed by atoms with van der Waals surface area (Å²) in [7, 11) is 0. The van der Waals surface area contributed by atoms with Gasteiger partial charge in [-0.05, 0) is 68.4 Å². The van der Waals surface area contributed by atoms with Crippen molar-refractivity contribution in [1.82, 2.24) is 10.0 Å². The number of carbonyl (C=O) groups is 4. The molecule has 1 saturated carbocycles. The molecule has 1 heterocycles. The number of benzene rings is 2. The SMILES string of the molecule is Cc1ccc(C(=O)CN(C(=O)c2ccccc2Cl)N2C(=O)[C@H]3C[C@H](C)CC[C@H]3C2=O)cc1C. The lowest BCUT2D eigenvalue weighted by molar-refractivity contribution is -0.154. The van der Waals surface area contributed by atoms with Crippen LogP contribution in [0.5, 0.6) is 0 Å². The average Bonchev–Trinajstić information content (AvgIpc) is 3.03. The van der Waals surface area contributed by atoms with Crippen LogP contribution in [0.15, 0.2) is 42.5 Å². The molecule has 2 aromatic rings. The van der Waals surface area contributed by atoms with Gasteiger partial charge in [-0.1, -0.05) is 42.8 Å². The molecule has 0 N–H and O–H groups in total. The zero-order valence-corrected chi connectivity index (χ0v) is 19.8. The van der Waals surface area contributed by atoms with Crippen molar-refractivity contribution in [1.29, 1.82) is 0 Å². The highest BCUT2D eigenvalue weighted by atomic mass is 35.5. The highest BCUT2D eigenvalue weighted by molar-refractivity contribution is 6.34. The summed E-state index contributed by atoms with van der Waals surface area (Å²) < 4.78 is 0. The van der Waals surface area contributed by atoms with E-state index in [-0.39, 0.29) is 16.4 Å². The van der Waals surface area contributed by atoms with Crippen LogP contribution >= 0.6 is 11.6 Å². The molecule has 7 heteroatoms. The van der Waals surface area contributed by atoms with Gasteiger partial charge in [-0.2, -0.15) is 5.01 Å². The van der Waals surface area contributed by atoms with Gasteiger partial charge in [0.1, 0.15) is 6.54 Å². The average molecular weight is 467 g/mol. The van der Waals surface area contributed by atoms with Crippen molar-refractivity contribution in [2.45, 2.75) is 40.0 Å². The Labute approximate surface area is 198 Å². The third kappa shape index (κ3) is 4.32. The summed E-state index contributed by atoms with van der Waals surface area (Å²) in [5.74, 6) is -2.41. The van der Waals surface area contributed by atoms with Crippen molar-refractivity contribution in [3.8, 4) is 0 Å². The van der Waals surface area contributed by atoms with E-state index < -0.39 is 36.1 Å². The van der Waals surface area contributed by atoms with Crippen LogP contribution in [0, 0.1) is 31.6 Å². The first-order chi connectivity index (χ1) is 15.7. The zero-order valence-electron chi connectivity index (χ0n) is 19.0. The van der Waals surface area contributed by atoms with Gasteiger partial charge in [0.15, 0.2) is 5.78 Å². The van der Waals surface area contributed by atoms with E-state index in [0.29, 0.717) is 24.3 Å².